The van der Waals surface area contributed by atoms with E-state index in [2.05, 4.69) is 4.98 Å². The third-order valence-corrected chi connectivity index (χ3v) is 5.67. The molecule has 0 unspecified atom stereocenters. The first-order valence-electron chi connectivity index (χ1n) is 6.21. The number of aryl methyl sites for hydroxylation is 2. The molecule has 0 bridgehead atoms. The lowest BCUT2D eigenvalue weighted by molar-refractivity contribution is -0.114. The molecule has 3 rings (SSSR count). The van der Waals surface area contributed by atoms with Crippen LogP contribution in [0.2, 0.25) is 0 Å². The van der Waals surface area contributed by atoms with Crippen molar-refractivity contribution in [2.45, 2.75) is 31.3 Å². The van der Waals surface area contributed by atoms with Crippen molar-refractivity contribution in [2.75, 3.05) is 5.75 Å². The van der Waals surface area contributed by atoms with E-state index in [-0.39, 0.29) is 11.3 Å². The first-order chi connectivity index (χ1) is 9.08. The zero-order valence-electron chi connectivity index (χ0n) is 10.9. The molecule has 0 atom stereocenters. The number of carbonyl (C=O) groups is 1. The summed E-state index contributed by atoms with van der Waals surface area (Å²) in [7, 11) is 1.73. The standard InChI is InChI=1S/C13H14N2O2S2/c1-7(16)6-18-13-14-11-10(12(17)15(13)2)8-4-3-5-9(8)19-11/h3-6H2,1-2H3. The van der Waals surface area contributed by atoms with Crippen LogP contribution >= 0.6 is 23.1 Å². The maximum absolute atomic E-state index is 12.4. The highest BCUT2D eigenvalue weighted by molar-refractivity contribution is 7.99. The van der Waals surface area contributed by atoms with Gasteiger partial charge >= 0.3 is 0 Å². The number of aromatic nitrogens is 2. The quantitative estimate of drug-likeness (QED) is 0.643. The second kappa shape index (κ2) is 4.76. The van der Waals surface area contributed by atoms with Crippen molar-refractivity contribution in [2.24, 2.45) is 7.05 Å². The number of Topliss-reactive ketones (excluding diaryl/α,β-unsaturated/α-hetero) is 1. The number of nitrogens with zero attached hydrogens (tertiary/aromatic N) is 2. The van der Waals surface area contributed by atoms with Crippen molar-refractivity contribution in [3.05, 3.63) is 20.8 Å². The minimum Gasteiger partial charge on any atom is -0.299 e. The van der Waals surface area contributed by atoms with Crippen LogP contribution in [-0.2, 0) is 24.7 Å². The molecule has 0 aromatic carbocycles. The summed E-state index contributed by atoms with van der Waals surface area (Å²) >= 11 is 2.97. The highest BCUT2D eigenvalue weighted by atomic mass is 32.2. The van der Waals surface area contributed by atoms with Crippen LogP contribution in [-0.4, -0.2) is 21.1 Å². The Labute approximate surface area is 118 Å². The minimum absolute atomic E-state index is 0.0236. The molecule has 0 aliphatic heterocycles. The number of carbonyl (C=O) groups excluding carboxylic acids is 1. The Balaban J connectivity index is 2.15. The SMILES string of the molecule is CC(=O)CSc1nc2sc3c(c2c(=O)n1C)CCC3. The van der Waals surface area contributed by atoms with Crippen LogP contribution in [0.4, 0.5) is 0 Å². The summed E-state index contributed by atoms with van der Waals surface area (Å²) in [6.07, 6.45) is 3.20. The number of ketones is 1. The summed E-state index contributed by atoms with van der Waals surface area (Å²) in [5, 5.41) is 1.43. The molecule has 19 heavy (non-hydrogen) atoms. The van der Waals surface area contributed by atoms with Gasteiger partial charge in [-0.2, -0.15) is 0 Å². The van der Waals surface area contributed by atoms with Crippen LogP contribution in [0.25, 0.3) is 10.2 Å². The average molecular weight is 294 g/mol. The van der Waals surface area contributed by atoms with E-state index in [1.54, 1.807) is 29.9 Å². The highest BCUT2D eigenvalue weighted by Crippen LogP contribution is 2.35. The Morgan fingerprint density at radius 1 is 1.47 bits per heavy atom. The van der Waals surface area contributed by atoms with Gasteiger partial charge in [0.05, 0.1) is 11.1 Å². The van der Waals surface area contributed by atoms with Gasteiger partial charge < -0.3 is 0 Å². The van der Waals surface area contributed by atoms with Gasteiger partial charge in [-0.25, -0.2) is 4.98 Å². The second-order valence-electron chi connectivity index (χ2n) is 4.79. The fourth-order valence-electron chi connectivity index (χ4n) is 2.40. The van der Waals surface area contributed by atoms with Gasteiger partial charge in [-0.05, 0) is 31.7 Å². The molecule has 0 radical (unpaired) electrons. The number of hydrogen-bond acceptors (Lipinski definition) is 5. The van der Waals surface area contributed by atoms with Crippen molar-refractivity contribution in [1.82, 2.24) is 9.55 Å². The molecule has 0 spiro atoms. The van der Waals surface area contributed by atoms with Gasteiger partial charge in [0.15, 0.2) is 5.16 Å². The topological polar surface area (TPSA) is 52.0 Å². The van der Waals surface area contributed by atoms with E-state index < -0.39 is 0 Å². The smallest absolute Gasteiger partial charge is 0.262 e. The van der Waals surface area contributed by atoms with Gasteiger partial charge in [-0.3, -0.25) is 14.2 Å². The molecule has 0 N–H and O–H groups in total. The van der Waals surface area contributed by atoms with Crippen LogP contribution < -0.4 is 5.56 Å². The molecule has 0 amide bonds. The molecule has 6 heteroatoms. The first-order valence-corrected chi connectivity index (χ1v) is 8.01. The van der Waals surface area contributed by atoms with Gasteiger partial charge in [0, 0.05) is 11.9 Å². The van der Waals surface area contributed by atoms with Crippen LogP contribution in [0.1, 0.15) is 23.8 Å². The monoisotopic (exact) mass is 294 g/mol. The number of fused-ring (bicyclic) bond motifs is 3. The van der Waals surface area contributed by atoms with Crippen molar-refractivity contribution in [3.8, 4) is 0 Å². The summed E-state index contributed by atoms with van der Waals surface area (Å²) < 4.78 is 1.57. The fraction of sp³-hybridized carbons (Fsp3) is 0.462. The predicted molar refractivity (Wildman–Crippen MR) is 78.3 cm³/mol. The third-order valence-electron chi connectivity index (χ3n) is 3.31. The van der Waals surface area contributed by atoms with Crippen molar-refractivity contribution < 1.29 is 4.79 Å². The molecule has 2 heterocycles. The van der Waals surface area contributed by atoms with Gasteiger partial charge in [0.1, 0.15) is 10.6 Å². The Hall–Kier alpha value is -1.14. The number of thioether (sulfide) groups is 1. The molecule has 2 aromatic heterocycles. The maximum Gasteiger partial charge on any atom is 0.262 e. The van der Waals surface area contributed by atoms with E-state index in [0.717, 1.165) is 29.5 Å². The molecule has 2 aromatic rings. The third kappa shape index (κ3) is 2.12. The minimum atomic E-state index is 0.0236. The Kier molecular flexibility index (Phi) is 3.22. The molecule has 100 valence electrons. The summed E-state index contributed by atoms with van der Waals surface area (Å²) in [5.41, 5.74) is 1.23. The second-order valence-corrected chi connectivity index (χ2v) is 6.81. The lowest BCUT2D eigenvalue weighted by Crippen LogP contribution is -2.20. The van der Waals surface area contributed by atoms with Crippen molar-refractivity contribution in [1.29, 1.82) is 0 Å². The Morgan fingerprint density at radius 2 is 2.26 bits per heavy atom. The summed E-state index contributed by atoms with van der Waals surface area (Å²) in [6.45, 7) is 1.54. The van der Waals surface area contributed by atoms with Gasteiger partial charge in [0.25, 0.3) is 5.56 Å². The molecule has 0 saturated heterocycles. The van der Waals surface area contributed by atoms with Crippen LogP contribution in [0.15, 0.2) is 9.95 Å². The van der Waals surface area contributed by atoms with E-state index in [1.807, 2.05) is 0 Å². The zero-order valence-corrected chi connectivity index (χ0v) is 12.5. The fourth-order valence-corrected chi connectivity index (χ4v) is 4.48. The van der Waals surface area contributed by atoms with E-state index in [9.17, 15) is 9.59 Å². The van der Waals surface area contributed by atoms with E-state index >= 15 is 0 Å². The average Bonchev–Trinajstić information content (AvgIpc) is 2.91. The van der Waals surface area contributed by atoms with Crippen LogP contribution in [0.3, 0.4) is 0 Å². The number of hydrogen-bond donors (Lipinski definition) is 0. The summed E-state index contributed by atoms with van der Waals surface area (Å²) in [4.78, 5) is 30.2. The van der Waals surface area contributed by atoms with Gasteiger partial charge in [0.2, 0.25) is 0 Å². The van der Waals surface area contributed by atoms with Crippen LogP contribution in [0.5, 0.6) is 0 Å². The molecule has 4 nitrogen and oxygen atoms in total. The molecular weight excluding hydrogens is 280 g/mol. The Morgan fingerprint density at radius 3 is 3.00 bits per heavy atom. The highest BCUT2D eigenvalue weighted by Gasteiger charge is 2.22. The molecule has 0 fully saturated rings. The lowest BCUT2D eigenvalue weighted by atomic mass is 10.2. The molecule has 1 aliphatic rings. The zero-order chi connectivity index (χ0) is 13.6. The summed E-state index contributed by atoms with van der Waals surface area (Å²) in [6, 6.07) is 0. The lowest BCUT2D eigenvalue weighted by Gasteiger charge is -2.06. The first kappa shape index (κ1) is 12.9. The van der Waals surface area contributed by atoms with Crippen molar-refractivity contribution in [3.63, 3.8) is 0 Å². The Bertz CT molecular complexity index is 730. The van der Waals surface area contributed by atoms with Gasteiger partial charge in [-0.15, -0.1) is 11.3 Å². The maximum atomic E-state index is 12.4. The van der Waals surface area contributed by atoms with E-state index in [0.29, 0.717) is 10.9 Å². The number of thiophene rings is 1. The largest absolute Gasteiger partial charge is 0.299 e. The van der Waals surface area contributed by atoms with E-state index in [1.165, 1.54) is 22.2 Å². The molecule has 0 saturated carbocycles. The van der Waals surface area contributed by atoms with Gasteiger partial charge in [-0.1, -0.05) is 11.8 Å². The van der Waals surface area contributed by atoms with E-state index in [4.69, 9.17) is 0 Å². The van der Waals surface area contributed by atoms with Crippen LogP contribution in [0, 0.1) is 0 Å². The predicted octanol–water partition coefficient (Wildman–Crippen LogP) is 2.16. The molecular formula is C13H14N2O2S2. The normalized spacial score (nSPS) is 14.0. The van der Waals surface area contributed by atoms with Crippen molar-refractivity contribution >= 4 is 39.1 Å². The summed E-state index contributed by atoms with van der Waals surface area (Å²) in [5.74, 6) is 0.449. The number of rotatable bonds is 3. The molecule has 1 aliphatic carbocycles.